The van der Waals surface area contributed by atoms with Crippen LogP contribution in [0.2, 0.25) is 0 Å². The Balaban J connectivity index is 1.53. The van der Waals surface area contributed by atoms with Gasteiger partial charge in [-0.1, -0.05) is 37.3 Å². The van der Waals surface area contributed by atoms with Gasteiger partial charge in [0.15, 0.2) is 0 Å². The summed E-state index contributed by atoms with van der Waals surface area (Å²) in [4.78, 5) is 17.3. The van der Waals surface area contributed by atoms with Crippen LogP contribution in [-0.2, 0) is 13.1 Å². The number of nitrogens with zero attached hydrogens (tertiary/aromatic N) is 3. The minimum Gasteiger partial charge on any atom is -0.334 e. The Morgan fingerprint density at radius 3 is 2.88 bits per heavy atom. The third-order valence-corrected chi connectivity index (χ3v) is 4.84. The van der Waals surface area contributed by atoms with Crippen molar-refractivity contribution in [2.24, 2.45) is 0 Å². The van der Waals surface area contributed by atoms with Gasteiger partial charge in [0.05, 0.1) is 12.6 Å². The predicted octanol–water partition coefficient (Wildman–Crippen LogP) is 3.34. The van der Waals surface area contributed by atoms with Gasteiger partial charge in [-0.25, -0.2) is 14.5 Å². The van der Waals surface area contributed by atoms with E-state index in [0.29, 0.717) is 13.1 Å². The van der Waals surface area contributed by atoms with Crippen LogP contribution in [0.1, 0.15) is 35.4 Å². The highest BCUT2D eigenvalue weighted by molar-refractivity contribution is 7.10. The van der Waals surface area contributed by atoms with Crippen molar-refractivity contribution in [2.75, 3.05) is 0 Å². The van der Waals surface area contributed by atoms with Gasteiger partial charge in [0, 0.05) is 11.4 Å². The van der Waals surface area contributed by atoms with Crippen LogP contribution in [0, 0.1) is 0 Å². The van der Waals surface area contributed by atoms with Crippen LogP contribution < -0.4 is 10.6 Å². The molecule has 0 bridgehead atoms. The van der Waals surface area contributed by atoms with Crippen LogP contribution in [0.3, 0.4) is 0 Å². The number of nitrogens with one attached hydrogen (secondary N) is 2. The summed E-state index contributed by atoms with van der Waals surface area (Å²) in [6, 6.07) is 12.0. The van der Waals surface area contributed by atoms with E-state index >= 15 is 0 Å². The fourth-order valence-corrected chi connectivity index (χ4v) is 3.46. The maximum atomic E-state index is 12.2. The van der Waals surface area contributed by atoms with E-state index in [4.69, 9.17) is 0 Å². The number of rotatable bonds is 7. The zero-order valence-electron chi connectivity index (χ0n) is 14.1. The van der Waals surface area contributed by atoms with Gasteiger partial charge in [0.25, 0.3) is 0 Å². The van der Waals surface area contributed by atoms with Crippen molar-refractivity contribution in [3.8, 4) is 0 Å². The SMILES string of the molecule is CCC(NC(=O)NCc1cccc(Cn2cncn2)c1)c1cccs1. The normalized spacial score (nSPS) is 11.9. The molecule has 2 N–H and O–H groups in total. The highest BCUT2D eigenvalue weighted by Crippen LogP contribution is 2.21. The summed E-state index contributed by atoms with van der Waals surface area (Å²) in [5.41, 5.74) is 2.17. The molecule has 1 atom stereocenters. The Labute approximate surface area is 150 Å². The van der Waals surface area contributed by atoms with Crippen LogP contribution in [0.25, 0.3) is 0 Å². The summed E-state index contributed by atoms with van der Waals surface area (Å²) in [5.74, 6) is 0. The second-order valence-corrected chi connectivity index (χ2v) is 6.70. The lowest BCUT2D eigenvalue weighted by molar-refractivity contribution is 0.236. The maximum absolute atomic E-state index is 12.2. The lowest BCUT2D eigenvalue weighted by atomic mass is 10.1. The van der Waals surface area contributed by atoms with Crippen LogP contribution in [-0.4, -0.2) is 20.8 Å². The molecule has 1 unspecified atom stereocenters. The van der Waals surface area contributed by atoms with Gasteiger partial charge >= 0.3 is 6.03 Å². The second-order valence-electron chi connectivity index (χ2n) is 5.72. The van der Waals surface area contributed by atoms with E-state index in [9.17, 15) is 4.79 Å². The van der Waals surface area contributed by atoms with Crippen molar-refractivity contribution in [1.29, 1.82) is 0 Å². The molecule has 130 valence electrons. The molecule has 2 heterocycles. The standard InChI is InChI=1S/C18H21N5OS/c1-2-16(17-7-4-8-25-17)22-18(24)20-10-14-5-3-6-15(9-14)11-23-13-19-12-21-23/h3-9,12-13,16H,2,10-11H2,1H3,(H2,20,22,24). The van der Waals surface area contributed by atoms with Crippen molar-refractivity contribution < 1.29 is 4.79 Å². The molecule has 25 heavy (non-hydrogen) atoms. The van der Waals surface area contributed by atoms with Gasteiger partial charge in [0.2, 0.25) is 0 Å². The molecule has 0 saturated heterocycles. The number of aromatic nitrogens is 3. The fourth-order valence-electron chi connectivity index (χ4n) is 2.59. The molecule has 2 amide bonds. The lowest BCUT2D eigenvalue weighted by Crippen LogP contribution is -2.37. The van der Waals surface area contributed by atoms with E-state index in [1.807, 2.05) is 35.7 Å². The Hall–Kier alpha value is -2.67. The van der Waals surface area contributed by atoms with Gasteiger partial charge in [0.1, 0.15) is 12.7 Å². The number of carbonyl (C=O) groups is 1. The Morgan fingerprint density at radius 2 is 2.16 bits per heavy atom. The second kappa shape index (κ2) is 8.43. The van der Waals surface area contributed by atoms with E-state index in [1.165, 1.54) is 11.2 Å². The zero-order valence-corrected chi connectivity index (χ0v) is 14.9. The Kier molecular flexibility index (Phi) is 5.79. The minimum atomic E-state index is -0.151. The molecule has 7 heteroatoms. The average Bonchev–Trinajstić information content (AvgIpc) is 3.32. The molecule has 0 aliphatic heterocycles. The van der Waals surface area contributed by atoms with Crippen molar-refractivity contribution >= 4 is 17.4 Å². The fraction of sp³-hybridized carbons (Fsp3) is 0.278. The first-order valence-electron chi connectivity index (χ1n) is 8.22. The Bertz CT molecular complexity index is 786. The molecular weight excluding hydrogens is 334 g/mol. The molecule has 0 spiro atoms. The molecule has 0 saturated carbocycles. The highest BCUT2D eigenvalue weighted by Gasteiger charge is 2.13. The number of benzene rings is 1. The summed E-state index contributed by atoms with van der Waals surface area (Å²) >= 11 is 1.66. The third kappa shape index (κ3) is 4.90. The monoisotopic (exact) mass is 355 g/mol. The zero-order chi connectivity index (χ0) is 17.5. The first-order valence-corrected chi connectivity index (χ1v) is 9.10. The summed E-state index contributed by atoms with van der Waals surface area (Å²) < 4.78 is 1.77. The minimum absolute atomic E-state index is 0.0543. The van der Waals surface area contributed by atoms with Crippen LogP contribution in [0.15, 0.2) is 54.4 Å². The smallest absolute Gasteiger partial charge is 0.315 e. The van der Waals surface area contributed by atoms with Gasteiger partial charge in [-0.3, -0.25) is 0 Å². The number of thiophene rings is 1. The molecule has 0 aliphatic rings. The van der Waals surface area contributed by atoms with E-state index in [-0.39, 0.29) is 12.1 Å². The van der Waals surface area contributed by atoms with Crippen molar-refractivity contribution in [1.82, 2.24) is 25.4 Å². The number of hydrogen-bond acceptors (Lipinski definition) is 4. The quantitative estimate of drug-likeness (QED) is 0.683. The molecule has 6 nitrogen and oxygen atoms in total. The topological polar surface area (TPSA) is 71.8 Å². The summed E-state index contributed by atoms with van der Waals surface area (Å²) in [7, 11) is 0. The molecule has 0 aliphatic carbocycles. The molecule has 1 aromatic carbocycles. The molecular formula is C18H21N5OS. The summed E-state index contributed by atoms with van der Waals surface area (Å²) in [6.45, 7) is 3.21. The van der Waals surface area contributed by atoms with E-state index in [2.05, 4.69) is 33.7 Å². The number of hydrogen-bond donors (Lipinski definition) is 2. The lowest BCUT2D eigenvalue weighted by Gasteiger charge is -2.16. The Morgan fingerprint density at radius 1 is 1.28 bits per heavy atom. The maximum Gasteiger partial charge on any atom is 0.315 e. The molecule has 3 rings (SSSR count). The van der Waals surface area contributed by atoms with Gasteiger partial charge < -0.3 is 10.6 Å². The average molecular weight is 355 g/mol. The van der Waals surface area contributed by atoms with Crippen molar-refractivity contribution in [3.63, 3.8) is 0 Å². The number of carbonyl (C=O) groups excluding carboxylic acids is 1. The first-order chi connectivity index (χ1) is 12.2. The van der Waals surface area contributed by atoms with E-state index in [0.717, 1.165) is 17.5 Å². The van der Waals surface area contributed by atoms with Crippen molar-refractivity contribution in [2.45, 2.75) is 32.5 Å². The molecule has 0 fully saturated rings. The van der Waals surface area contributed by atoms with Crippen molar-refractivity contribution in [3.05, 3.63) is 70.4 Å². The molecule has 3 aromatic rings. The van der Waals surface area contributed by atoms with Crippen LogP contribution >= 0.6 is 11.3 Å². The highest BCUT2D eigenvalue weighted by atomic mass is 32.1. The molecule has 0 radical (unpaired) electrons. The van der Waals surface area contributed by atoms with E-state index in [1.54, 1.807) is 22.3 Å². The van der Waals surface area contributed by atoms with Crippen LogP contribution in [0.4, 0.5) is 4.79 Å². The van der Waals surface area contributed by atoms with Gasteiger partial charge in [-0.05, 0) is 29.0 Å². The third-order valence-electron chi connectivity index (χ3n) is 3.86. The van der Waals surface area contributed by atoms with Gasteiger partial charge in [-0.2, -0.15) is 5.10 Å². The van der Waals surface area contributed by atoms with E-state index < -0.39 is 0 Å². The summed E-state index contributed by atoms with van der Waals surface area (Å²) in [5, 5.41) is 12.1. The first kappa shape index (κ1) is 17.2. The van der Waals surface area contributed by atoms with Gasteiger partial charge in [-0.15, -0.1) is 11.3 Å². The largest absolute Gasteiger partial charge is 0.334 e. The summed E-state index contributed by atoms with van der Waals surface area (Å²) in [6.07, 6.45) is 4.07. The number of urea groups is 1. The predicted molar refractivity (Wildman–Crippen MR) is 98.3 cm³/mol. The number of amides is 2. The molecule has 2 aromatic heterocycles. The van der Waals surface area contributed by atoms with Crippen LogP contribution in [0.5, 0.6) is 0 Å².